The topological polar surface area (TPSA) is 61.9 Å². The van der Waals surface area contributed by atoms with Gasteiger partial charge >= 0.3 is 0 Å². The Balaban J connectivity index is 1.06. The first-order chi connectivity index (χ1) is 27.6. The second-order valence-corrected chi connectivity index (χ2v) is 15.6. The van der Waals surface area contributed by atoms with Gasteiger partial charge in [-0.05, 0) is 99.9 Å². The highest BCUT2D eigenvalue weighted by atomic mass is 19.1. The van der Waals surface area contributed by atoms with E-state index in [2.05, 4.69) is 66.5 Å². The van der Waals surface area contributed by atoms with Crippen LogP contribution in [0.3, 0.4) is 0 Å². The molecule has 0 amide bonds. The molecule has 6 rings (SSSR count). The van der Waals surface area contributed by atoms with Crippen molar-refractivity contribution in [1.29, 1.82) is 5.26 Å². The summed E-state index contributed by atoms with van der Waals surface area (Å²) in [5.41, 5.74) is 4.34. The maximum Gasteiger partial charge on any atom is 0.234 e. The Morgan fingerprint density at radius 1 is 0.839 bits per heavy atom. The smallest absolute Gasteiger partial charge is 0.234 e. The molecule has 0 bridgehead atoms. The highest BCUT2D eigenvalue weighted by Crippen LogP contribution is 2.34. The minimum Gasteiger partial charge on any atom is -0.371 e. The molecule has 1 aliphatic rings. The zero-order valence-electron chi connectivity index (χ0n) is 33.3. The van der Waals surface area contributed by atoms with Crippen LogP contribution in [0.4, 0.5) is 10.1 Å². The van der Waals surface area contributed by atoms with Gasteiger partial charge in [0.25, 0.3) is 0 Å². The Kier molecular flexibility index (Phi) is 15.5. The number of carbonyl (C=O) groups is 1. The molecule has 56 heavy (non-hydrogen) atoms. The van der Waals surface area contributed by atoms with Crippen molar-refractivity contribution >= 4 is 38.8 Å². The molecule has 1 aliphatic heterocycles. The summed E-state index contributed by atoms with van der Waals surface area (Å²) in [6.45, 7) is 3.66. The first-order valence-electron chi connectivity index (χ1n) is 21.3. The molecule has 0 aliphatic carbocycles. The number of unbranched alkanes of at least 4 members (excludes halogenated alkanes) is 9. The highest BCUT2D eigenvalue weighted by Gasteiger charge is 2.28. The number of pyridine rings is 1. The summed E-state index contributed by atoms with van der Waals surface area (Å²) in [5, 5.41) is 13.8. The van der Waals surface area contributed by atoms with Crippen LogP contribution in [0, 0.1) is 23.1 Å². The third kappa shape index (κ3) is 10.8. The number of hydrogen-bond acceptors (Lipinski definition) is 4. The first-order valence-corrected chi connectivity index (χ1v) is 21.3. The summed E-state index contributed by atoms with van der Waals surface area (Å²) in [6.07, 6.45) is 28.5. The van der Waals surface area contributed by atoms with Crippen molar-refractivity contribution in [3.05, 3.63) is 127 Å². The number of anilines is 1. The lowest BCUT2D eigenvalue weighted by Crippen LogP contribution is -2.37. The minimum absolute atomic E-state index is 0.0602. The molecule has 2 aromatic heterocycles. The van der Waals surface area contributed by atoms with Crippen molar-refractivity contribution in [2.24, 2.45) is 5.92 Å². The number of hydrogen-bond donors (Lipinski definition) is 0. The Labute approximate surface area is 333 Å². The third-order valence-corrected chi connectivity index (χ3v) is 11.6. The van der Waals surface area contributed by atoms with Gasteiger partial charge in [-0.25, -0.2) is 4.39 Å². The lowest BCUT2D eigenvalue weighted by Gasteiger charge is -2.33. The molecule has 1 atom stereocenters. The second kappa shape index (κ2) is 21.3. The van der Waals surface area contributed by atoms with Gasteiger partial charge in [0, 0.05) is 59.3 Å². The van der Waals surface area contributed by atoms with Crippen molar-refractivity contribution < 1.29 is 9.18 Å². The molecule has 1 fully saturated rings. The van der Waals surface area contributed by atoms with Crippen LogP contribution in [0.1, 0.15) is 132 Å². The van der Waals surface area contributed by atoms with Gasteiger partial charge in [0.1, 0.15) is 5.82 Å². The van der Waals surface area contributed by atoms with Gasteiger partial charge < -0.3 is 4.90 Å². The SMILES string of the molecule is CCCCCCCC/C=C\CCCC(CCCC/C=C(\C#N)c1cn(C(=O)C2CCN(c3cccc(F)c3)CC2)c2ccccc12)c1nccc2ccccc12. The Bertz CT molecular complexity index is 2110. The van der Waals surface area contributed by atoms with Crippen LogP contribution in [0.25, 0.3) is 27.2 Å². The van der Waals surface area contributed by atoms with Crippen molar-refractivity contribution in [2.45, 2.75) is 116 Å². The van der Waals surface area contributed by atoms with Crippen LogP contribution < -0.4 is 4.90 Å². The maximum absolute atomic E-state index is 14.0. The Hall–Kier alpha value is -5.02. The van der Waals surface area contributed by atoms with Gasteiger partial charge in [-0.15, -0.1) is 0 Å². The van der Waals surface area contributed by atoms with E-state index < -0.39 is 0 Å². The van der Waals surface area contributed by atoms with Crippen molar-refractivity contribution in [2.75, 3.05) is 18.0 Å². The molecule has 6 heteroatoms. The fourth-order valence-corrected chi connectivity index (χ4v) is 8.47. The van der Waals surface area contributed by atoms with Gasteiger partial charge in [0.05, 0.1) is 22.9 Å². The van der Waals surface area contributed by atoms with Gasteiger partial charge in [-0.2, -0.15) is 5.26 Å². The van der Waals surface area contributed by atoms with E-state index in [0.717, 1.165) is 67.1 Å². The van der Waals surface area contributed by atoms with E-state index in [1.54, 1.807) is 16.7 Å². The fraction of sp³-hybridized carbons (Fsp3) is 0.420. The van der Waals surface area contributed by atoms with Crippen LogP contribution in [0.5, 0.6) is 0 Å². The number of nitrogens with zero attached hydrogens (tertiary/aromatic N) is 4. The highest BCUT2D eigenvalue weighted by molar-refractivity contribution is 6.02. The number of allylic oxidation sites excluding steroid dienone is 4. The minimum atomic E-state index is -0.247. The number of fused-ring (bicyclic) bond motifs is 2. The summed E-state index contributed by atoms with van der Waals surface area (Å²) < 4.78 is 15.6. The van der Waals surface area contributed by atoms with Crippen molar-refractivity contribution in [3.8, 4) is 6.07 Å². The molecule has 5 aromatic rings. The van der Waals surface area contributed by atoms with E-state index in [0.29, 0.717) is 37.4 Å². The van der Waals surface area contributed by atoms with E-state index in [1.807, 2.05) is 42.7 Å². The monoisotopic (exact) mass is 750 g/mol. The second-order valence-electron chi connectivity index (χ2n) is 15.6. The fourth-order valence-electron chi connectivity index (χ4n) is 8.47. The Morgan fingerprint density at radius 2 is 1.55 bits per heavy atom. The molecule has 3 aromatic carbocycles. The van der Waals surface area contributed by atoms with E-state index in [1.165, 1.54) is 67.5 Å². The van der Waals surface area contributed by atoms with Gasteiger partial charge in [-0.3, -0.25) is 14.3 Å². The number of benzene rings is 3. The summed E-state index contributed by atoms with van der Waals surface area (Å²) in [4.78, 5) is 21.1. The molecule has 1 saturated heterocycles. The summed E-state index contributed by atoms with van der Waals surface area (Å²) in [7, 11) is 0. The van der Waals surface area contributed by atoms with E-state index in [-0.39, 0.29) is 17.6 Å². The number of piperidine rings is 1. The van der Waals surface area contributed by atoms with Crippen LogP contribution in [-0.4, -0.2) is 28.5 Å². The zero-order chi connectivity index (χ0) is 39.0. The molecule has 0 radical (unpaired) electrons. The summed E-state index contributed by atoms with van der Waals surface area (Å²) >= 11 is 0. The number of aromatic nitrogens is 2. The Morgan fingerprint density at radius 3 is 2.36 bits per heavy atom. The number of rotatable bonds is 20. The summed E-state index contributed by atoms with van der Waals surface area (Å²) in [5.74, 6) is 0.0639. The normalized spacial score (nSPS) is 14.5. The van der Waals surface area contributed by atoms with E-state index in [4.69, 9.17) is 4.98 Å². The standard InChI is InChI=1S/C50H59FN4O/c1-2-3-4-5-6-7-8-9-10-11-13-22-40(49-45-27-17-16-21-39(45)30-33-53-49)23-14-12-15-24-42(37-52)47-38-55(48-29-19-18-28-46(47)48)50(56)41-31-34-54(35-32-41)44-26-20-25-43(51)36-44/h9-10,16-21,24-30,33,36,38,40-41H,2-8,11-15,22-23,31-32,34-35H2,1H3/b10-9-,42-24+. The molecule has 3 heterocycles. The van der Waals surface area contributed by atoms with Crippen LogP contribution in [0.15, 0.2) is 109 Å². The van der Waals surface area contributed by atoms with Crippen molar-refractivity contribution in [1.82, 2.24) is 9.55 Å². The number of halogens is 1. The predicted octanol–water partition coefficient (Wildman–Crippen LogP) is 13.6. The largest absolute Gasteiger partial charge is 0.371 e. The molecule has 1 unspecified atom stereocenters. The van der Waals surface area contributed by atoms with Gasteiger partial charge in [0.2, 0.25) is 5.91 Å². The van der Waals surface area contributed by atoms with Crippen LogP contribution >= 0.6 is 0 Å². The average Bonchev–Trinajstić information content (AvgIpc) is 3.62. The van der Waals surface area contributed by atoms with E-state index in [9.17, 15) is 14.4 Å². The zero-order valence-corrected chi connectivity index (χ0v) is 33.3. The summed E-state index contributed by atoms with van der Waals surface area (Å²) in [6, 6.07) is 27.8. The average molecular weight is 751 g/mol. The lowest BCUT2D eigenvalue weighted by molar-refractivity contribution is 0.0819. The van der Waals surface area contributed by atoms with Crippen LogP contribution in [0.2, 0.25) is 0 Å². The lowest BCUT2D eigenvalue weighted by atomic mass is 9.89. The third-order valence-electron chi connectivity index (χ3n) is 11.6. The van der Waals surface area contributed by atoms with Crippen molar-refractivity contribution in [3.63, 3.8) is 0 Å². The number of carbonyl (C=O) groups excluding carboxylic acids is 1. The number of para-hydroxylation sites is 1. The maximum atomic E-state index is 14.0. The van der Waals surface area contributed by atoms with E-state index >= 15 is 0 Å². The van der Waals surface area contributed by atoms with Gasteiger partial charge in [0.15, 0.2) is 0 Å². The molecule has 5 nitrogen and oxygen atoms in total. The first kappa shape index (κ1) is 40.6. The molecule has 292 valence electrons. The molecule has 0 saturated carbocycles. The molecule has 0 spiro atoms. The predicted molar refractivity (Wildman–Crippen MR) is 231 cm³/mol. The quantitative estimate of drug-likeness (QED) is 0.0451. The molecular weight excluding hydrogens is 692 g/mol. The van der Waals surface area contributed by atoms with Crippen LogP contribution in [-0.2, 0) is 0 Å². The number of nitriles is 1. The molecular formula is C50H59FN4O. The molecule has 0 N–H and O–H groups in total. The van der Waals surface area contributed by atoms with Gasteiger partial charge in [-0.1, -0.05) is 112 Å².